The maximum absolute atomic E-state index is 16.4. The third kappa shape index (κ3) is 6.53. The largest absolute Gasteiger partial charge is 0.427 e. The molecule has 1 aliphatic carbocycles. The van der Waals surface area contributed by atoms with Crippen molar-refractivity contribution in [3.05, 3.63) is 122 Å². The van der Waals surface area contributed by atoms with Crippen molar-refractivity contribution < 1.29 is 28.3 Å². The summed E-state index contributed by atoms with van der Waals surface area (Å²) in [6.07, 6.45) is 6.40. The summed E-state index contributed by atoms with van der Waals surface area (Å²) in [7, 11) is 1.59. The van der Waals surface area contributed by atoms with Crippen LogP contribution >= 0.6 is 11.6 Å². The number of rotatable bonds is 10. The minimum absolute atomic E-state index is 0.0647. The minimum Gasteiger partial charge on any atom is -0.383 e. The van der Waals surface area contributed by atoms with Crippen molar-refractivity contribution in [3.8, 4) is 17.2 Å². The molecule has 11 rings (SSSR count). The number of aryl methyl sites for hydroxylation is 2. The lowest BCUT2D eigenvalue weighted by molar-refractivity contribution is 0.0653. The first kappa shape index (κ1) is 42.4. The topological polar surface area (TPSA) is 157 Å². The molecule has 0 spiro atoms. The third-order valence-corrected chi connectivity index (χ3v) is 15.0. The summed E-state index contributed by atoms with van der Waals surface area (Å²) in [6, 6.07) is 15.0. The molecular weight excluding hydrogens is 867 g/mol. The Bertz CT molecular complexity index is 3160. The Labute approximate surface area is 383 Å². The van der Waals surface area contributed by atoms with Crippen LogP contribution in [0.4, 0.5) is 9.18 Å². The van der Waals surface area contributed by atoms with E-state index in [0.717, 1.165) is 40.6 Å². The predicted octanol–water partition coefficient (Wildman–Crippen LogP) is 7.13. The molecule has 3 aromatic carbocycles. The van der Waals surface area contributed by atoms with Gasteiger partial charge in [-0.15, -0.1) is 5.48 Å². The summed E-state index contributed by atoms with van der Waals surface area (Å²) < 4.78 is 35.6. The van der Waals surface area contributed by atoms with Gasteiger partial charge in [0.25, 0.3) is 5.91 Å². The number of nitrogens with one attached hydrogen (secondary N) is 2. The monoisotopic (exact) mass is 916 g/mol. The number of aromatic nitrogens is 7. The fraction of sp³-hybridized carbons (Fsp3) is 0.396. The minimum atomic E-state index is -0.694. The van der Waals surface area contributed by atoms with Crippen LogP contribution in [0.1, 0.15) is 83.5 Å². The Morgan fingerprint density at radius 2 is 1.76 bits per heavy atom. The molecule has 0 bridgehead atoms. The van der Waals surface area contributed by atoms with Crippen LogP contribution in [-0.2, 0) is 32.8 Å². The van der Waals surface area contributed by atoms with E-state index in [-0.39, 0.29) is 22.9 Å². The standard InChI is InChI=1S/C48H50ClFN10O6/c1-26-20-33(21-27(2)41(26)49)60-43(57-15-14-56(47(57)63)38-9-8-37-34(42(38)50)25-51-58(37)16-19-64-5)40-29(4)55(13-10-35(40)53-60)44(61)39-23-32-22-31(30-11-17-65-18-12-30)6-7-36(32)59(39)48(24-28(48)3)45-52-46(62)66-54-45/h6-9,14-15,20-23,25,28-30,45,54H,10-13,16-19,24H2,1-5H3,(H,52,62)/t28-,29-,45?,48-/m0/s1. The first-order valence-electron chi connectivity index (χ1n) is 22.5. The highest BCUT2D eigenvalue weighted by molar-refractivity contribution is 6.32. The second-order valence-corrected chi connectivity index (χ2v) is 18.6. The van der Waals surface area contributed by atoms with Gasteiger partial charge in [0.1, 0.15) is 17.7 Å². The summed E-state index contributed by atoms with van der Waals surface area (Å²) in [4.78, 5) is 49.9. The van der Waals surface area contributed by atoms with E-state index in [2.05, 4.69) is 45.6 Å². The highest BCUT2D eigenvalue weighted by Crippen LogP contribution is 2.55. The molecule has 2 N–H and O–H groups in total. The molecule has 342 valence electrons. The molecule has 2 amide bonds. The van der Waals surface area contributed by atoms with Gasteiger partial charge in [-0.2, -0.15) is 10.2 Å². The van der Waals surface area contributed by atoms with E-state index >= 15 is 9.18 Å². The number of carbonyl (C=O) groups is 2. The average Bonchev–Trinajstić information content (AvgIpc) is 3.96. The first-order valence-corrected chi connectivity index (χ1v) is 22.9. The molecule has 7 aromatic rings. The molecule has 66 heavy (non-hydrogen) atoms. The second-order valence-electron chi connectivity index (χ2n) is 18.2. The van der Waals surface area contributed by atoms with Crippen LogP contribution in [0, 0.1) is 25.6 Å². The van der Waals surface area contributed by atoms with Crippen molar-refractivity contribution in [3.63, 3.8) is 0 Å². The quantitative estimate of drug-likeness (QED) is 0.146. The molecule has 16 nitrogen and oxygen atoms in total. The summed E-state index contributed by atoms with van der Waals surface area (Å²) in [5.74, 6) is 0.0680. The number of hydrogen-bond donors (Lipinski definition) is 2. The molecule has 1 unspecified atom stereocenters. The number of hydrogen-bond acceptors (Lipinski definition) is 9. The van der Waals surface area contributed by atoms with Crippen LogP contribution in [0.25, 0.3) is 39.0 Å². The van der Waals surface area contributed by atoms with Crippen LogP contribution in [0.15, 0.2) is 71.9 Å². The van der Waals surface area contributed by atoms with Crippen LogP contribution < -0.4 is 16.5 Å². The number of amides is 2. The Morgan fingerprint density at radius 3 is 2.47 bits per heavy atom. The maximum Gasteiger partial charge on any atom is 0.427 e. The molecular formula is C48H50ClFN10O6. The number of ether oxygens (including phenoxy) is 2. The highest BCUT2D eigenvalue weighted by atomic mass is 35.5. The van der Waals surface area contributed by atoms with Gasteiger partial charge in [-0.3, -0.25) is 23.9 Å². The van der Waals surface area contributed by atoms with Gasteiger partial charge in [-0.05, 0) is 111 Å². The smallest absolute Gasteiger partial charge is 0.383 e. The van der Waals surface area contributed by atoms with Crippen LogP contribution in [0.3, 0.4) is 0 Å². The van der Waals surface area contributed by atoms with Crippen LogP contribution in [0.2, 0.25) is 5.02 Å². The summed E-state index contributed by atoms with van der Waals surface area (Å²) in [6.45, 7) is 10.5. The Hall–Kier alpha value is -6.27. The van der Waals surface area contributed by atoms with Crippen molar-refractivity contribution in [1.82, 2.24) is 49.0 Å². The molecule has 7 heterocycles. The Kier molecular flexibility index (Phi) is 10.2. The number of methoxy groups -OCH3 is 1. The normalized spacial score (nSPS) is 22.0. The molecule has 3 fully saturated rings. The molecule has 3 aliphatic heterocycles. The SMILES string of the molecule is COCCn1ncc2c(F)c(-n3ccn(-c4c5c(nn4-c4cc(C)c(Cl)c(C)c4)CCN(C(=O)c4cc6cc(C7CCOCC7)ccc6n4[C@@]4(C6NOC(=O)N6)C[C@@H]4C)[C@H]5C)c3=O)ccc21. The number of carbonyl (C=O) groups excluding carboxylic acids is 2. The Morgan fingerprint density at radius 1 is 1.02 bits per heavy atom. The zero-order valence-electron chi connectivity index (χ0n) is 37.3. The molecule has 2 saturated heterocycles. The van der Waals surface area contributed by atoms with E-state index in [4.69, 9.17) is 31.0 Å². The molecule has 0 radical (unpaired) electrons. The number of nitrogens with zero attached hydrogens (tertiary/aromatic N) is 8. The summed E-state index contributed by atoms with van der Waals surface area (Å²) >= 11 is 6.68. The number of benzene rings is 3. The van der Waals surface area contributed by atoms with E-state index in [1.807, 2.05) is 43.9 Å². The lowest BCUT2D eigenvalue weighted by Crippen LogP contribution is -2.49. The fourth-order valence-electron chi connectivity index (χ4n) is 10.8. The lowest BCUT2D eigenvalue weighted by Gasteiger charge is -2.35. The highest BCUT2D eigenvalue weighted by Gasteiger charge is 2.62. The average molecular weight is 917 g/mol. The molecule has 4 atom stereocenters. The van der Waals surface area contributed by atoms with E-state index in [9.17, 15) is 9.59 Å². The zero-order valence-corrected chi connectivity index (χ0v) is 38.1. The van der Waals surface area contributed by atoms with Crippen LogP contribution in [-0.4, -0.2) is 89.8 Å². The van der Waals surface area contributed by atoms with Crippen molar-refractivity contribution in [2.45, 2.75) is 83.6 Å². The van der Waals surface area contributed by atoms with Crippen molar-refractivity contribution in [2.75, 3.05) is 33.5 Å². The Balaban J connectivity index is 1.04. The van der Waals surface area contributed by atoms with Gasteiger partial charge < -0.3 is 23.8 Å². The van der Waals surface area contributed by atoms with E-state index in [1.54, 1.807) is 41.0 Å². The van der Waals surface area contributed by atoms with Gasteiger partial charge >= 0.3 is 11.8 Å². The maximum atomic E-state index is 16.4. The van der Waals surface area contributed by atoms with Gasteiger partial charge in [0.2, 0.25) is 0 Å². The number of hydroxylamine groups is 1. The summed E-state index contributed by atoms with van der Waals surface area (Å²) in [5, 5.41) is 14.3. The van der Waals surface area contributed by atoms with Crippen molar-refractivity contribution in [2.24, 2.45) is 5.92 Å². The molecule has 4 aliphatic rings. The molecule has 18 heteroatoms. The molecule has 1 saturated carbocycles. The van der Waals surface area contributed by atoms with E-state index in [0.29, 0.717) is 85.0 Å². The van der Waals surface area contributed by atoms with Crippen molar-refractivity contribution >= 4 is 45.4 Å². The third-order valence-electron chi connectivity index (χ3n) is 14.4. The van der Waals surface area contributed by atoms with E-state index < -0.39 is 35.3 Å². The fourth-order valence-corrected chi connectivity index (χ4v) is 10.9. The van der Waals surface area contributed by atoms with Gasteiger partial charge in [0, 0.05) is 67.2 Å². The summed E-state index contributed by atoms with van der Waals surface area (Å²) in [5.41, 5.74) is 8.66. The van der Waals surface area contributed by atoms with Crippen LogP contribution in [0.5, 0.6) is 0 Å². The number of fused-ring (bicyclic) bond motifs is 3. The van der Waals surface area contributed by atoms with Gasteiger partial charge in [-0.1, -0.05) is 24.6 Å². The van der Waals surface area contributed by atoms with Gasteiger partial charge in [0.15, 0.2) is 5.82 Å². The first-order chi connectivity index (χ1) is 31.9. The second kappa shape index (κ2) is 16.0. The zero-order chi connectivity index (χ0) is 45.8. The molecule has 4 aromatic heterocycles. The predicted molar refractivity (Wildman–Crippen MR) is 244 cm³/mol. The van der Waals surface area contributed by atoms with E-state index in [1.165, 1.54) is 20.9 Å². The van der Waals surface area contributed by atoms with Gasteiger partial charge in [-0.25, -0.2) is 18.7 Å². The number of imidazole rings is 1. The van der Waals surface area contributed by atoms with Crippen molar-refractivity contribution in [1.29, 1.82) is 0 Å². The number of halogens is 2. The van der Waals surface area contributed by atoms with Gasteiger partial charge in [0.05, 0.1) is 58.9 Å². The lowest BCUT2D eigenvalue weighted by atomic mass is 9.91.